The molecule has 5 heteroatoms. The molecule has 0 bridgehead atoms. The van der Waals surface area contributed by atoms with Crippen LogP contribution in [0.4, 0.5) is 13.2 Å². The predicted molar refractivity (Wildman–Crippen MR) is 114 cm³/mol. The lowest BCUT2D eigenvalue weighted by atomic mass is 9.90. The molecule has 0 unspecified atom stereocenters. The predicted octanol–water partition coefficient (Wildman–Crippen LogP) is 6.46. The van der Waals surface area contributed by atoms with E-state index in [1.165, 1.54) is 11.1 Å². The van der Waals surface area contributed by atoms with E-state index in [-0.39, 0.29) is 5.56 Å². The van der Waals surface area contributed by atoms with Crippen molar-refractivity contribution < 1.29 is 17.9 Å². The molecular formula is C25H24F3NO. The lowest BCUT2D eigenvalue weighted by Crippen LogP contribution is -2.38. The third-order valence-electron chi connectivity index (χ3n) is 6.09. The van der Waals surface area contributed by atoms with Crippen LogP contribution in [0.25, 0.3) is 16.3 Å². The van der Waals surface area contributed by atoms with Crippen LogP contribution in [0.2, 0.25) is 0 Å². The van der Waals surface area contributed by atoms with Crippen molar-refractivity contribution >= 4 is 16.3 Å². The fourth-order valence-corrected chi connectivity index (χ4v) is 4.02. The first-order valence-electron chi connectivity index (χ1n) is 10.1. The molecule has 3 aromatic carbocycles. The van der Waals surface area contributed by atoms with Crippen molar-refractivity contribution in [2.75, 3.05) is 0 Å². The van der Waals surface area contributed by atoms with Crippen molar-refractivity contribution in [1.29, 1.82) is 0 Å². The summed E-state index contributed by atoms with van der Waals surface area (Å²) < 4.78 is 47.6. The highest BCUT2D eigenvalue weighted by atomic mass is 19.2. The molecule has 0 radical (unpaired) electrons. The van der Waals surface area contributed by atoms with Crippen LogP contribution < -0.4 is 10.5 Å². The first-order valence-corrected chi connectivity index (χ1v) is 10.1. The summed E-state index contributed by atoms with van der Waals surface area (Å²) in [4.78, 5) is 0. The van der Waals surface area contributed by atoms with Gasteiger partial charge < -0.3 is 10.5 Å². The Morgan fingerprint density at radius 1 is 1.00 bits per heavy atom. The van der Waals surface area contributed by atoms with Gasteiger partial charge in [-0.05, 0) is 60.9 Å². The van der Waals surface area contributed by atoms with Crippen LogP contribution in [0.3, 0.4) is 0 Å². The number of nitrogens with two attached hydrogens (primary N) is 1. The monoisotopic (exact) mass is 411 g/mol. The van der Waals surface area contributed by atoms with Gasteiger partial charge in [-0.2, -0.15) is 0 Å². The summed E-state index contributed by atoms with van der Waals surface area (Å²) in [5.74, 6) is -2.60. The summed E-state index contributed by atoms with van der Waals surface area (Å²) in [5, 5.41) is 1.88. The Hall–Kier alpha value is -2.79. The number of ether oxygens (including phenoxy) is 1. The van der Waals surface area contributed by atoms with Gasteiger partial charge in [-0.3, -0.25) is 0 Å². The summed E-state index contributed by atoms with van der Waals surface area (Å²) in [6, 6.07) is 10.9. The van der Waals surface area contributed by atoms with Gasteiger partial charge in [0.15, 0.2) is 11.6 Å². The fourth-order valence-electron chi connectivity index (χ4n) is 4.02. The van der Waals surface area contributed by atoms with Crippen LogP contribution in [0, 0.1) is 17.5 Å². The number of benzene rings is 3. The van der Waals surface area contributed by atoms with Crippen LogP contribution in [-0.2, 0) is 6.42 Å². The van der Waals surface area contributed by atoms with Gasteiger partial charge in [0.25, 0.3) is 0 Å². The van der Waals surface area contributed by atoms with Crippen molar-refractivity contribution in [1.82, 2.24) is 0 Å². The molecule has 4 rings (SSSR count). The minimum atomic E-state index is -1.23. The number of hydrogen-bond acceptors (Lipinski definition) is 2. The van der Waals surface area contributed by atoms with E-state index < -0.39 is 29.6 Å². The zero-order valence-electron chi connectivity index (χ0n) is 17.2. The molecule has 1 aliphatic rings. The smallest absolute Gasteiger partial charge is 0.161 e. The molecule has 2 atom stereocenters. The third kappa shape index (κ3) is 3.47. The third-order valence-corrected chi connectivity index (χ3v) is 6.09. The van der Waals surface area contributed by atoms with E-state index in [4.69, 9.17) is 10.5 Å². The van der Waals surface area contributed by atoms with Gasteiger partial charge in [-0.1, -0.05) is 36.8 Å². The molecule has 0 spiro atoms. The summed E-state index contributed by atoms with van der Waals surface area (Å²) >= 11 is 0. The Kier molecular flexibility index (Phi) is 5.33. The van der Waals surface area contributed by atoms with Gasteiger partial charge in [-0.25, -0.2) is 13.2 Å². The number of halogens is 3. The van der Waals surface area contributed by atoms with Crippen LogP contribution in [0.15, 0.2) is 48.0 Å². The first-order chi connectivity index (χ1) is 14.3. The highest BCUT2D eigenvalue weighted by Crippen LogP contribution is 2.41. The molecule has 1 aliphatic heterocycles. The van der Waals surface area contributed by atoms with E-state index in [2.05, 4.69) is 26.8 Å². The number of hydrogen-bond donors (Lipinski definition) is 1. The van der Waals surface area contributed by atoms with E-state index in [1.807, 2.05) is 24.3 Å². The minimum Gasteiger partial charge on any atom is -0.483 e. The maximum atomic E-state index is 14.4. The van der Waals surface area contributed by atoms with Gasteiger partial charge in [0.05, 0.1) is 6.04 Å². The normalized spacial score (nSPS) is 19.3. The van der Waals surface area contributed by atoms with Gasteiger partial charge >= 0.3 is 0 Å². The molecule has 0 saturated heterocycles. The summed E-state index contributed by atoms with van der Waals surface area (Å²) in [6.45, 7) is 6.36. The Labute approximate surface area is 174 Å². The Balaban J connectivity index is 1.79. The second kappa shape index (κ2) is 7.80. The van der Waals surface area contributed by atoms with Gasteiger partial charge in [0.1, 0.15) is 17.7 Å². The largest absolute Gasteiger partial charge is 0.483 e. The molecule has 30 heavy (non-hydrogen) atoms. The topological polar surface area (TPSA) is 35.2 Å². The van der Waals surface area contributed by atoms with Gasteiger partial charge in [-0.15, -0.1) is 0 Å². The minimum absolute atomic E-state index is 0.0713. The zero-order valence-corrected chi connectivity index (χ0v) is 17.2. The summed E-state index contributed by atoms with van der Waals surface area (Å²) in [7, 11) is 0. The molecule has 0 amide bonds. The first kappa shape index (κ1) is 20.5. The molecular weight excluding hydrogens is 387 g/mol. The van der Waals surface area contributed by atoms with E-state index in [0.717, 1.165) is 34.4 Å². The fraction of sp³-hybridized carbons (Fsp3) is 0.280. The van der Waals surface area contributed by atoms with Gasteiger partial charge in [0.2, 0.25) is 0 Å². The maximum Gasteiger partial charge on any atom is 0.161 e. The molecule has 0 aromatic heterocycles. The van der Waals surface area contributed by atoms with Crippen molar-refractivity contribution in [3.63, 3.8) is 0 Å². The van der Waals surface area contributed by atoms with Crippen molar-refractivity contribution in [2.24, 2.45) is 5.73 Å². The quantitative estimate of drug-likeness (QED) is 0.502. The molecule has 0 aliphatic carbocycles. The second-order valence-electron chi connectivity index (χ2n) is 7.94. The standard InChI is InChI=1S/C25H24F3NO/c1-4-13(2)14(3)15-7-8-18-16(9-15)5-6-17-10-23(29)25(30-24(17)18)19-11-21(27)22(28)12-20(19)26/h5-9,11-12,23,25H,4,10,29H2,1-3H3/b14-13+/t23-,25+/m0/s1. The lowest BCUT2D eigenvalue weighted by Gasteiger charge is -2.32. The van der Waals surface area contributed by atoms with Gasteiger partial charge in [0, 0.05) is 17.0 Å². The van der Waals surface area contributed by atoms with Crippen molar-refractivity contribution in [3.05, 3.63) is 82.2 Å². The Morgan fingerprint density at radius 3 is 2.47 bits per heavy atom. The van der Waals surface area contributed by atoms with Crippen LogP contribution in [0.5, 0.6) is 5.75 Å². The molecule has 0 fully saturated rings. The number of fused-ring (bicyclic) bond motifs is 3. The Bertz CT molecular complexity index is 1170. The lowest BCUT2D eigenvalue weighted by molar-refractivity contribution is 0.151. The maximum absolute atomic E-state index is 14.4. The highest BCUT2D eigenvalue weighted by molar-refractivity contribution is 5.92. The van der Waals surface area contributed by atoms with E-state index in [9.17, 15) is 13.2 Å². The van der Waals surface area contributed by atoms with Crippen LogP contribution in [-0.4, -0.2) is 6.04 Å². The Morgan fingerprint density at radius 2 is 1.73 bits per heavy atom. The highest BCUT2D eigenvalue weighted by Gasteiger charge is 2.32. The molecule has 1 heterocycles. The zero-order chi connectivity index (χ0) is 21.6. The van der Waals surface area contributed by atoms with Crippen molar-refractivity contribution in [2.45, 2.75) is 45.8 Å². The average molecular weight is 411 g/mol. The van der Waals surface area contributed by atoms with Crippen LogP contribution >= 0.6 is 0 Å². The van der Waals surface area contributed by atoms with Crippen molar-refractivity contribution in [3.8, 4) is 5.75 Å². The summed E-state index contributed by atoms with van der Waals surface area (Å²) in [5.41, 5.74) is 10.8. The SMILES string of the molecule is CC/C(C)=C(\C)c1ccc2c3c(ccc2c1)C[C@H](N)[C@@H](c1cc(F)c(F)cc1F)O3. The van der Waals surface area contributed by atoms with E-state index >= 15 is 0 Å². The number of rotatable bonds is 3. The number of allylic oxidation sites excluding steroid dienone is 2. The average Bonchev–Trinajstić information content (AvgIpc) is 2.74. The molecule has 3 aromatic rings. The second-order valence-corrected chi connectivity index (χ2v) is 7.94. The molecule has 0 saturated carbocycles. The summed E-state index contributed by atoms with van der Waals surface area (Å²) in [6.07, 6.45) is 0.530. The van der Waals surface area contributed by atoms with E-state index in [1.54, 1.807) is 0 Å². The molecule has 2 nitrogen and oxygen atoms in total. The molecule has 2 N–H and O–H groups in total. The molecule has 156 valence electrons. The van der Waals surface area contributed by atoms with E-state index in [0.29, 0.717) is 18.2 Å². The van der Waals surface area contributed by atoms with Crippen LogP contribution in [0.1, 0.15) is 50.0 Å².